The molecular weight excluding hydrogens is 172 g/mol. The van der Waals surface area contributed by atoms with Gasteiger partial charge in [-0.15, -0.1) is 0 Å². The molecule has 0 fully saturated rings. The molecule has 3 atom stereocenters. The van der Waals surface area contributed by atoms with E-state index in [1.54, 1.807) is 13.8 Å². The number of carbonyl (C=O) groups excluding carboxylic acids is 1. The number of aliphatic carboxylic acids is 1. The van der Waals surface area contributed by atoms with Crippen molar-refractivity contribution in [2.24, 2.45) is 11.8 Å². The topological polar surface area (TPSA) is 74.6 Å². The molecule has 0 aliphatic heterocycles. The van der Waals surface area contributed by atoms with Crippen LogP contribution in [0.5, 0.6) is 0 Å². The third-order valence-electron chi connectivity index (χ3n) is 2.24. The molecule has 0 spiro atoms. The van der Waals surface area contributed by atoms with Crippen molar-refractivity contribution in [1.29, 1.82) is 0 Å². The molecule has 0 rings (SSSR count). The maximum absolute atomic E-state index is 11.3. The Morgan fingerprint density at radius 1 is 1.31 bits per heavy atom. The Balaban J connectivity index is 4.33. The van der Waals surface area contributed by atoms with Gasteiger partial charge < -0.3 is 10.2 Å². The van der Waals surface area contributed by atoms with E-state index in [4.69, 9.17) is 5.11 Å². The average Bonchev–Trinajstić information content (AvgIpc) is 2.12. The van der Waals surface area contributed by atoms with Gasteiger partial charge in [0.2, 0.25) is 0 Å². The van der Waals surface area contributed by atoms with Crippen LogP contribution in [0.4, 0.5) is 0 Å². The molecule has 0 heterocycles. The van der Waals surface area contributed by atoms with Crippen molar-refractivity contribution in [2.45, 2.75) is 33.3 Å². The number of hydrogen-bond acceptors (Lipinski definition) is 3. The molecule has 0 bridgehead atoms. The molecule has 0 aromatic rings. The lowest BCUT2D eigenvalue weighted by Crippen LogP contribution is -2.32. The van der Waals surface area contributed by atoms with Crippen molar-refractivity contribution in [2.75, 3.05) is 0 Å². The zero-order valence-corrected chi connectivity index (χ0v) is 8.15. The van der Waals surface area contributed by atoms with E-state index in [0.29, 0.717) is 6.42 Å². The molecule has 0 aromatic heterocycles. The summed E-state index contributed by atoms with van der Waals surface area (Å²) < 4.78 is 0. The van der Waals surface area contributed by atoms with Crippen LogP contribution in [-0.2, 0) is 9.59 Å². The third kappa shape index (κ3) is 3.14. The van der Waals surface area contributed by atoms with Crippen LogP contribution >= 0.6 is 0 Å². The monoisotopic (exact) mass is 188 g/mol. The molecule has 4 heteroatoms. The van der Waals surface area contributed by atoms with Gasteiger partial charge >= 0.3 is 5.97 Å². The highest BCUT2D eigenvalue weighted by Gasteiger charge is 2.29. The summed E-state index contributed by atoms with van der Waals surface area (Å²) in [7, 11) is 0. The van der Waals surface area contributed by atoms with Gasteiger partial charge in [0.05, 0.1) is 6.10 Å². The van der Waals surface area contributed by atoms with Crippen LogP contribution in [0.2, 0.25) is 0 Å². The SMILES string of the molecule is CC[C@@H](O)[C@H](C)C(=O)[C@@H](C)C(=O)O. The lowest BCUT2D eigenvalue weighted by Gasteiger charge is -2.17. The van der Waals surface area contributed by atoms with Crippen LogP contribution in [-0.4, -0.2) is 28.1 Å². The van der Waals surface area contributed by atoms with Crippen molar-refractivity contribution >= 4 is 11.8 Å². The van der Waals surface area contributed by atoms with Crippen LogP contribution in [0.15, 0.2) is 0 Å². The summed E-state index contributed by atoms with van der Waals surface area (Å²) in [6, 6.07) is 0. The molecule has 0 saturated carbocycles. The quantitative estimate of drug-likeness (QED) is 0.622. The van der Waals surface area contributed by atoms with Crippen molar-refractivity contribution < 1.29 is 19.8 Å². The first kappa shape index (κ1) is 12.1. The maximum atomic E-state index is 11.3. The highest BCUT2D eigenvalue weighted by Crippen LogP contribution is 2.13. The maximum Gasteiger partial charge on any atom is 0.313 e. The predicted molar refractivity (Wildman–Crippen MR) is 47.3 cm³/mol. The summed E-state index contributed by atoms with van der Waals surface area (Å²) in [5.74, 6) is -3.19. The minimum atomic E-state index is -1.14. The van der Waals surface area contributed by atoms with Gasteiger partial charge in [0.25, 0.3) is 0 Å². The zero-order valence-electron chi connectivity index (χ0n) is 8.15. The molecule has 76 valence electrons. The van der Waals surface area contributed by atoms with Crippen LogP contribution in [0.1, 0.15) is 27.2 Å². The summed E-state index contributed by atoms with van der Waals surface area (Å²) in [4.78, 5) is 21.8. The molecule has 0 aromatic carbocycles. The summed E-state index contributed by atoms with van der Waals surface area (Å²) in [6.07, 6.45) is -0.284. The third-order valence-corrected chi connectivity index (χ3v) is 2.24. The van der Waals surface area contributed by atoms with Crippen molar-refractivity contribution in [3.05, 3.63) is 0 Å². The minimum absolute atomic E-state index is 0.415. The number of aliphatic hydroxyl groups is 1. The number of Topliss-reactive ketones (excluding diaryl/α,β-unsaturated/α-hetero) is 1. The number of carboxylic acids is 1. The Labute approximate surface area is 77.6 Å². The van der Waals surface area contributed by atoms with E-state index in [0.717, 1.165) is 0 Å². The van der Waals surface area contributed by atoms with Gasteiger partial charge in [-0.3, -0.25) is 9.59 Å². The lowest BCUT2D eigenvalue weighted by atomic mass is 9.90. The summed E-state index contributed by atoms with van der Waals surface area (Å²) >= 11 is 0. The Morgan fingerprint density at radius 2 is 1.77 bits per heavy atom. The van der Waals surface area contributed by atoms with E-state index in [1.807, 2.05) is 0 Å². The molecule has 0 aliphatic carbocycles. The molecule has 0 amide bonds. The zero-order chi connectivity index (χ0) is 10.6. The van der Waals surface area contributed by atoms with Crippen LogP contribution in [0, 0.1) is 11.8 Å². The second kappa shape index (κ2) is 4.97. The first-order valence-electron chi connectivity index (χ1n) is 4.36. The Morgan fingerprint density at radius 3 is 2.08 bits per heavy atom. The Hall–Kier alpha value is -0.900. The number of rotatable bonds is 5. The lowest BCUT2D eigenvalue weighted by molar-refractivity contribution is -0.147. The van der Waals surface area contributed by atoms with Gasteiger partial charge in [0.1, 0.15) is 5.92 Å². The Bertz CT molecular complexity index is 200. The van der Waals surface area contributed by atoms with Crippen LogP contribution in [0.3, 0.4) is 0 Å². The minimum Gasteiger partial charge on any atom is -0.481 e. The normalized spacial score (nSPS) is 17.5. The molecular formula is C9H16O4. The van der Waals surface area contributed by atoms with E-state index in [9.17, 15) is 14.7 Å². The van der Waals surface area contributed by atoms with E-state index in [-0.39, 0.29) is 0 Å². The molecule has 0 saturated heterocycles. The molecule has 2 N–H and O–H groups in total. The number of ketones is 1. The number of aliphatic hydroxyl groups excluding tert-OH is 1. The standard InChI is InChI=1S/C9H16O4/c1-4-7(10)5(2)8(11)6(3)9(12)13/h5-7,10H,4H2,1-3H3,(H,12,13)/t5-,6+,7+/m0/s1. The molecule has 0 unspecified atom stereocenters. The fraction of sp³-hybridized carbons (Fsp3) is 0.778. The van der Waals surface area contributed by atoms with E-state index < -0.39 is 29.7 Å². The molecule has 4 nitrogen and oxygen atoms in total. The Kier molecular flexibility index (Phi) is 4.62. The smallest absolute Gasteiger partial charge is 0.313 e. The highest BCUT2D eigenvalue weighted by molar-refractivity contribution is 5.99. The van der Waals surface area contributed by atoms with Crippen molar-refractivity contribution in [1.82, 2.24) is 0 Å². The van der Waals surface area contributed by atoms with Gasteiger partial charge in [-0.25, -0.2) is 0 Å². The molecule has 0 aliphatic rings. The fourth-order valence-electron chi connectivity index (χ4n) is 1.06. The second-order valence-electron chi connectivity index (χ2n) is 3.23. The number of carboxylic acid groups (broad SMARTS) is 1. The number of carbonyl (C=O) groups is 2. The largest absolute Gasteiger partial charge is 0.481 e. The van der Waals surface area contributed by atoms with E-state index >= 15 is 0 Å². The van der Waals surface area contributed by atoms with Gasteiger partial charge in [-0.2, -0.15) is 0 Å². The van der Waals surface area contributed by atoms with E-state index in [1.165, 1.54) is 6.92 Å². The average molecular weight is 188 g/mol. The molecule has 0 radical (unpaired) electrons. The highest BCUT2D eigenvalue weighted by atomic mass is 16.4. The first-order chi connectivity index (χ1) is 5.91. The van der Waals surface area contributed by atoms with Crippen LogP contribution < -0.4 is 0 Å². The van der Waals surface area contributed by atoms with Gasteiger partial charge in [0, 0.05) is 5.92 Å². The van der Waals surface area contributed by atoms with Crippen molar-refractivity contribution in [3.63, 3.8) is 0 Å². The fourth-order valence-corrected chi connectivity index (χ4v) is 1.06. The van der Waals surface area contributed by atoms with Crippen LogP contribution in [0.25, 0.3) is 0 Å². The van der Waals surface area contributed by atoms with Crippen molar-refractivity contribution in [3.8, 4) is 0 Å². The van der Waals surface area contributed by atoms with Gasteiger partial charge in [-0.1, -0.05) is 13.8 Å². The summed E-state index contributed by atoms with van der Waals surface area (Å²) in [5, 5.41) is 17.9. The second-order valence-corrected chi connectivity index (χ2v) is 3.23. The van der Waals surface area contributed by atoms with Gasteiger partial charge in [0.15, 0.2) is 5.78 Å². The van der Waals surface area contributed by atoms with E-state index in [2.05, 4.69) is 0 Å². The predicted octanol–water partition coefficient (Wildman–Crippen LogP) is 0.683. The summed E-state index contributed by atoms with van der Waals surface area (Å²) in [6.45, 7) is 4.64. The summed E-state index contributed by atoms with van der Waals surface area (Å²) in [5.41, 5.74) is 0. The van der Waals surface area contributed by atoms with Gasteiger partial charge in [-0.05, 0) is 13.3 Å². The first-order valence-corrected chi connectivity index (χ1v) is 4.36. The molecule has 13 heavy (non-hydrogen) atoms. The number of hydrogen-bond donors (Lipinski definition) is 2.